The van der Waals surface area contributed by atoms with Crippen LogP contribution < -0.4 is 20.8 Å². The molecule has 178 valence electrons. The van der Waals surface area contributed by atoms with Crippen molar-refractivity contribution in [3.05, 3.63) is 88.0 Å². The Morgan fingerprint density at radius 1 is 0.857 bits per heavy atom. The standard InChI is InChI=1S/C26H23BrN4O4/c1-15-4-5-16(2)21(12-15)29-25(33)26(34)30-31-22-11-6-18(27)13-17(22)14-23(31)24(32)28-19-7-9-20(35-3)10-8-19/h4-14H,1-3H3,(H,28,32)(H,29,33)(H,30,34). The first-order chi connectivity index (χ1) is 16.7. The molecule has 0 aliphatic rings. The Morgan fingerprint density at radius 2 is 1.60 bits per heavy atom. The lowest BCUT2D eigenvalue weighted by molar-refractivity contribution is -0.133. The van der Waals surface area contributed by atoms with Gasteiger partial charge in [0.1, 0.15) is 11.4 Å². The van der Waals surface area contributed by atoms with Gasteiger partial charge in [0.05, 0.1) is 12.6 Å². The lowest BCUT2D eigenvalue weighted by atomic mass is 10.1. The van der Waals surface area contributed by atoms with Crippen LogP contribution in [0.4, 0.5) is 11.4 Å². The van der Waals surface area contributed by atoms with Crippen LogP contribution in [-0.4, -0.2) is 29.5 Å². The van der Waals surface area contributed by atoms with E-state index in [2.05, 4.69) is 32.0 Å². The zero-order valence-electron chi connectivity index (χ0n) is 19.3. The molecule has 35 heavy (non-hydrogen) atoms. The van der Waals surface area contributed by atoms with Crippen molar-refractivity contribution in [3.63, 3.8) is 0 Å². The van der Waals surface area contributed by atoms with Gasteiger partial charge in [0.25, 0.3) is 5.91 Å². The number of nitrogens with zero attached hydrogens (tertiary/aromatic N) is 1. The summed E-state index contributed by atoms with van der Waals surface area (Å²) in [6.07, 6.45) is 0. The summed E-state index contributed by atoms with van der Waals surface area (Å²) in [5, 5.41) is 6.14. The van der Waals surface area contributed by atoms with Crippen LogP contribution in [0.1, 0.15) is 21.6 Å². The molecule has 0 aliphatic heterocycles. The number of aryl methyl sites for hydroxylation is 2. The maximum absolute atomic E-state index is 13.1. The van der Waals surface area contributed by atoms with E-state index in [1.54, 1.807) is 55.6 Å². The number of methoxy groups -OCH3 is 1. The number of halogens is 1. The highest BCUT2D eigenvalue weighted by Gasteiger charge is 2.21. The Bertz CT molecular complexity index is 1440. The van der Waals surface area contributed by atoms with E-state index < -0.39 is 17.7 Å². The van der Waals surface area contributed by atoms with Gasteiger partial charge in [-0.15, -0.1) is 0 Å². The molecular formula is C26H23BrN4O4. The fourth-order valence-electron chi connectivity index (χ4n) is 3.55. The highest BCUT2D eigenvalue weighted by atomic mass is 79.9. The summed E-state index contributed by atoms with van der Waals surface area (Å²) >= 11 is 3.42. The van der Waals surface area contributed by atoms with Crippen molar-refractivity contribution < 1.29 is 19.1 Å². The summed E-state index contributed by atoms with van der Waals surface area (Å²) in [6.45, 7) is 3.73. The van der Waals surface area contributed by atoms with Gasteiger partial charge in [0.2, 0.25) is 0 Å². The number of anilines is 2. The molecule has 0 saturated heterocycles. The van der Waals surface area contributed by atoms with Gasteiger partial charge in [-0.2, -0.15) is 0 Å². The van der Waals surface area contributed by atoms with Crippen molar-refractivity contribution in [1.29, 1.82) is 0 Å². The van der Waals surface area contributed by atoms with Gasteiger partial charge in [-0.1, -0.05) is 28.1 Å². The number of aromatic nitrogens is 1. The lowest BCUT2D eigenvalue weighted by Gasteiger charge is -2.14. The zero-order valence-corrected chi connectivity index (χ0v) is 20.9. The largest absolute Gasteiger partial charge is 0.497 e. The van der Waals surface area contributed by atoms with Gasteiger partial charge in [0, 0.05) is 21.2 Å². The summed E-state index contributed by atoms with van der Waals surface area (Å²) in [6, 6.07) is 19.4. The first kappa shape index (κ1) is 24.0. The third-order valence-electron chi connectivity index (χ3n) is 5.40. The molecule has 8 nitrogen and oxygen atoms in total. The van der Waals surface area contributed by atoms with E-state index in [1.807, 2.05) is 32.0 Å². The van der Waals surface area contributed by atoms with E-state index in [4.69, 9.17) is 4.74 Å². The van der Waals surface area contributed by atoms with Gasteiger partial charge < -0.3 is 15.4 Å². The second kappa shape index (κ2) is 10.0. The third-order valence-corrected chi connectivity index (χ3v) is 5.90. The van der Waals surface area contributed by atoms with Crippen LogP contribution >= 0.6 is 15.9 Å². The van der Waals surface area contributed by atoms with E-state index in [1.165, 1.54) is 4.68 Å². The number of rotatable bonds is 5. The monoisotopic (exact) mass is 534 g/mol. The van der Waals surface area contributed by atoms with Crippen molar-refractivity contribution in [2.45, 2.75) is 13.8 Å². The van der Waals surface area contributed by atoms with Crippen LogP contribution in [0.25, 0.3) is 10.9 Å². The van der Waals surface area contributed by atoms with E-state index in [0.29, 0.717) is 28.0 Å². The third kappa shape index (κ3) is 5.36. The minimum atomic E-state index is -0.912. The Labute approximate surface area is 210 Å². The average molecular weight is 535 g/mol. The van der Waals surface area contributed by atoms with Gasteiger partial charge in [-0.05, 0) is 79.6 Å². The van der Waals surface area contributed by atoms with Crippen molar-refractivity contribution in [2.24, 2.45) is 0 Å². The Hall–Kier alpha value is -4.11. The molecule has 1 heterocycles. The Kier molecular flexibility index (Phi) is 6.88. The number of carbonyl (C=O) groups excluding carboxylic acids is 3. The van der Waals surface area contributed by atoms with Gasteiger partial charge in [-0.3, -0.25) is 19.8 Å². The number of carbonyl (C=O) groups is 3. The normalized spacial score (nSPS) is 10.6. The van der Waals surface area contributed by atoms with Crippen molar-refractivity contribution in [3.8, 4) is 5.75 Å². The van der Waals surface area contributed by atoms with Crippen molar-refractivity contribution >= 4 is 55.9 Å². The predicted octanol–water partition coefficient (Wildman–Crippen LogP) is 4.99. The molecule has 0 unspecified atom stereocenters. The molecule has 4 rings (SSSR count). The maximum atomic E-state index is 13.1. The summed E-state index contributed by atoms with van der Waals surface area (Å²) in [5.41, 5.74) is 6.14. The summed E-state index contributed by atoms with van der Waals surface area (Å²) in [4.78, 5) is 38.6. The average Bonchev–Trinajstić information content (AvgIpc) is 3.19. The number of ether oxygens (including phenoxy) is 1. The Balaban J connectivity index is 1.62. The van der Waals surface area contributed by atoms with E-state index in [-0.39, 0.29) is 5.69 Å². The number of amides is 3. The highest BCUT2D eigenvalue weighted by molar-refractivity contribution is 9.10. The van der Waals surface area contributed by atoms with Gasteiger partial charge in [0.15, 0.2) is 0 Å². The second-order valence-electron chi connectivity index (χ2n) is 7.96. The fourth-order valence-corrected chi connectivity index (χ4v) is 3.92. The summed E-state index contributed by atoms with van der Waals surface area (Å²) in [7, 11) is 1.56. The SMILES string of the molecule is COc1ccc(NC(=O)c2cc3cc(Br)ccc3n2NC(=O)C(=O)Nc2cc(C)ccc2C)cc1. The van der Waals surface area contributed by atoms with E-state index >= 15 is 0 Å². The van der Waals surface area contributed by atoms with Crippen LogP contribution in [-0.2, 0) is 9.59 Å². The van der Waals surface area contributed by atoms with Gasteiger partial charge >= 0.3 is 11.8 Å². The molecule has 0 aliphatic carbocycles. The van der Waals surface area contributed by atoms with Crippen molar-refractivity contribution in [1.82, 2.24) is 4.68 Å². The van der Waals surface area contributed by atoms with Crippen LogP contribution in [0.15, 0.2) is 71.2 Å². The smallest absolute Gasteiger partial charge is 0.328 e. The second-order valence-corrected chi connectivity index (χ2v) is 8.88. The highest BCUT2D eigenvalue weighted by Crippen LogP contribution is 2.24. The van der Waals surface area contributed by atoms with Crippen LogP contribution in [0.3, 0.4) is 0 Å². The zero-order chi connectivity index (χ0) is 25.1. The number of fused-ring (bicyclic) bond motifs is 1. The lowest BCUT2D eigenvalue weighted by Crippen LogP contribution is -2.36. The topological polar surface area (TPSA) is 101 Å². The van der Waals surface area contributed by atoms with Crippen LogP contribution in [0, 0.1) is 13.8 Å². The minimum Gasteiger partial charge on any atom is -0.497 e. The summed E-state index contributed by atoms with van der Waals surface area (Å²) < 4.78 is 7.26. The van der Waals surface area contributed by atoms with E-state index in [0.717, 1.165) is 15.6 Å². The number of benzene rings is 3. The Morgan fingerprint density at radius 3 is 2.31 bits per heavy atom. The van der Waals surface area contributed by atoms with Crippen molar-refractivity contribution in [2.75, 3.05) is 23.2 Å². The number of nitrogens with one attached hydrogen (secondary N) is 3. The summed E-state index contributed by atoms with van der Waals surface area (Å²) in [5.74, 6) is -1.56. The van der Waals surface area contributed by atoms with Crippen LogP contribution in [0.5, 0.6) is 5.75 Å². The fraction of sp³-hybridized carbons (Fsp3) is 0.115. The predicted molar refractivity (Wildman–Crippen MR) is 139 cm³/mol. The molecule has 4 aromatic rings. The molecule has 0 radical (unpaired) electrons. The molecule has 3 N–H and O–H groups in total. The molecule has 3 aromatic carbocycles. The first-order valence-corrected chi connectivity index (χ1v) is 11.5. The molecule has 3 amide bonds. The van der Waals surface area contributed by atoms with Crippen LogP contribution in [0.2, 0.25) is 0 Å². The molecule has 0 bridgehead atoms. The molecule has 9 heteroatoms. The number of hydrogen-bond acceptors (Lipinski definition) is 4. The maximum Gasteiger partial charge on any atom is 0.328 e. The van der Waals surface area contributed by atoms with Gasteiger partial charge in [-0.25, -0.2) is 4.68 Å². The minimum absolute atomic E-state index is 0.154. The van der Waals surface area contributed by atoms with E-state index in [9.17, 15) is 14.4 Å². The quantitative estimate of drug-likeness (QED) is 0.314. The molecular weight excluding hydrogens is 512 g/mol. The molecule has 0 fully saturated rings. The number of hydrogen-bond donors (Lipinski definition) is 3. The molecule has 0 spiro atoms. The first-order valence-electron chi connectivity index (χ1n) is 10.7. The molecule has 0 saturated carbocycles. The molecule has 0 atom stereocenters. The molecule has 1 aromatic heterocycles.